The molecular weight excluding hydrogens is 270 g/mol. The minimum Gasteiger partial charge on any atom is -0.328 e. The molecule has 6 heteroatoms. The number of carbonyl (C=O) groups is 1. The van der Waals surface area contributed by atoms with Gasteiger partial charge in [-0.25, -0.2) is 0 Å². The van der Waals surface area contributed by atoms with Crippen molar-refractivity contribution in [3.05, 3.63) is 24.3 Å². The highest BCUT2D eigenvalue weighted by Crippen LogP contribution is 2.26. The van der Waals surface area contributed by atoms with Gasteiger partial charge in [0, 0.05) is 23.0 Å². The van der Waals surface area contributed by atoms with E-state index < -0.39 is 5.76 Å². The summed E-state index contributed by atoms with van der Waals surface area (Å²) in [6, 6.07) is 6.46. The molecule has 19 heavy (non-hydrogen) atoms. The van der Waals surface area contributed by atoms with Gasteiger partial charge >= 0.3 is 0 Å². The van der Waals surface area contributed by atoms with Crippen LogP contribution in [0.5, 0.6) is 0 Å². The fourth-order valence-corrected chi connectivity index (χ4v) is 2.03. The van der Waals surface area contributed by atoms with Gasteiger partial charge < -0.3 is 11.1 Å². The number of alkyl halides is 2. The van der Waals surface area contributed by atoms with Gasteiger partial charge in [0.25, 0.3) is 5.76 Å². The number of thioether (sulfide) groups is 1. The lowest BCUT2D eigenvalue weighted by Crippen LogP contribution is -2.16. The highest BCUT2D eigenvalue weighted by molar-refractivity contribution is 7.99. The first kappa shape index (κ1) is 15.9. The summed E-state index contributed by atoms with van der Waals surface area (Å²) in [4.78, 5) is 12.1. The second-order valence-electron chi connectivity index (χ2n) is 4.32. The summed E-state index contributed by atoms with van der Waals surface area (Å²) in [5.74, 6) is -2.52. The van der Waals surface area contributed by atoms with Gasteiger partial charge in [-0.2, -0.15) is 8.78 Å². The Hall–Kier alpha value is -1.14. The molecule has 0 heterocycles. The molecule has 0 aliphatic carbocycles. The Morgan fingerprint density at radius 1 is 1.37 bits per heavy atom. The van der Waals surface area contributed by atoms with Crippen molar-refractivity contribution in [3.63, 3.8) is 0 Å². The highest BCUT2D eigenvalue weighted by Gasteiger charge is 2.06. The number of halogens is 2. The molecule has 0 saturated heterocycles. The van der Waals surface area contributed by atoms with Gasteiger partial charge in [0.15, 0.2) is 0 Å². The van der Waals surface area contributed by atoms with Crippen LogP contribution in [0.2, 0.25) is 0 Å². The summed E-state index contributed by atoms with van der Waals surface area (Å²) >= 11 is 0.483. The standard InChI is InChI=1S/C13H18F2N2OS/c1-9(16)3-2-4-12(18)17-10-5-7-11(8-6-10)19-13(14)15/h5-9,13H,2-4,16H2,1H3,(H,17,18). The number of anilines is 1. The lowest BCUT2D eigenvalue weighted by molar-refractivity contribution is -0.116. The maximum atomic E-state index is 12.1. The van der Waals surface area contributed by atoms with E-state index in [2.05, 4.69) is 5.32 Å². The first-order valence-corrected chi connectivity index (χ1v) is 6.95. The lowest BCUT2D eigenvalue weighted by atomic mass is 10.1. The molecule has 0 saturated carbocycles. The third-order valence-electron chi connectivity index (χ3n) is 2.43. The smallest absolute Gasteiger partial charge is 0.288 e. The molecule has 0 aliphatic heterocycles. The molecule has 0 fully saturated rings. The van der Waals surface area contributed by atoms with Crippen LogP contribution in [0.15, 0.2) is 29.2 Å². The summed E-state index contributed by atoms with van der Waals surface area (Å²) in [5, 5.41) is 2.72. The zero-order valence-corrected chi connectivity index (χ0v) is 11.6. The van der Waals surface area contributed by atoms with Gasteiger partial charge in [-0.1, -0.05) is 11.8 Å². The van der Waals surface area contributed by atoms with Crippen LogP contribution >= 0.6 is 11.8 Å². The van der Waals surface area contributed by atoms with Crippen LogP contribution in [-0.2, 0) is 4.79 Å². The van der Waals surface area contributed by atoms with E-state index in [0.29, 0.717) is 28.8 Å². The van der Waals surface area contributed by atoms with Gasteiger partial charge in [-0.05, 0) is 44.0 Å². The fraction of sp³-hybridized carbons (Fsp3) is 0.462. The van der Waals surface area contributed by atoms with Crippen molar-refractivity contribution in [2.24, 2.45) is 5.73 Å². The molecule has 1 aromatic carbocycles. The van der Waals surface area contributed by atoms with Gasteiger partial charge in [0.05, 0.1) is 0 Å². The SMILES string of the molecule is CC(N)CCCC(=O)Nc1ccc(SC(F)F)cc1. The Balaban J connectivity index is 2.38. The van der Waals surface area contributed by atoms with Gasteiger partial charge in [0.1, 0.15) is 0 Å². The van der Waals surface area contributed by atoms with Crippen molar-refractivity contribution in [3.8, 4) is 0 Å². The Bertz CT molecular complexity index is 396. The molecule has 1 amide bonds. The van der Waals surface area contributed by atoms with Crippen molar-refractivity contribution in [1.29, 1.82) is 0 Å². The summed E-state index contributed by atoms with van der Waals surface area (Å²) in [7, 11) is 0. The number of benzene rings is 1. The van der Waals surface area contributed by atoms with Crippen molar-refractivity contribution >= 4 is 23.4 Å². The average Bonchev–Trinajstić information content (AvgIpc) is 2.30. The Morgan fingerprint density at radius 3 is 2.53 bits per heavy atom. The number of hydrogen-bond donors (Lipinski definition) is 2. The molecule has 3 N–H and O–H groups in total. The maximum Gasteiger partial charge on any atom is 0.288 e. The lowest BCUT2D eigenvalue weighted by Gasteiger charge is -2.07. The molecule has 1 rings (SSSR count). The Labute approximate surface area is 115 Å². The maximum absolute atomic E-state index is 12.1. The third kappa shape index (κ3) is 7.12. The second kappa shape index (κ2) is 8.12. The molecule has 3 nitrogen and oxygen atoms in total. The van der Waals surface area contributed by atoms with Crippen LogP contribution in [-0.4, -0.2) is 17.7 Å². The van der Waals surface area contributed by atoms with Gasteiger partial charge in [-0.15, -0.1) is 0 Å². The van der Waals surface area contributed by atoms with Crippen LogP contribution < -0.4 is 11.1 Å². The van der Waals surface area contributed by atoms with Gasteiger partial charge in [-0.3, -0.25) is 4.79 Å². The van der Waals surface area contributed by atoms with E-state index >= 15 is 0 Å². The van der Waals surface area contributed by atoms with E-state index in [-0.39, 0.29) is 11.9 Å². The first-order valence-electron chi connectivity index (χ1n) is 6.07. The van der Waals surface area contributed by atoms with Crippen molar-refractivity contribution in [2.75, 3.05) is 5.32 Å². The molecule has 1 atom stereocenters. The molecule has 0 spiro atoms. The van der Waals surface area contributed by atoms with Crippen LogP contribution in [0, 0.1) is 0 Å². The molecule has 1 unspecified atom stereocenters. The predicted octanol–water partition coefficient (Wildman–Crippen LogP) is 3.46. The second-order valence-corrected chi connectivity index (χ2v) is 5.38. The minimum absolute atomic E-state index is 0.0880. The molecular formula is C13H18F2N2OS. The van der Waals surface area contributed by atoms with E-state index in [1.165, 1.54) is 0 Å². The van der Waals surface area contributed by atoms with Gasteiger partial charge in [0.2, 0.25) is 5.91 Å². The number of hydrogen-bond acceptors (Lipinski definition) is 3. The first-order chi connectivity index (χ1) is 8.97. The quantitative estimate of drug-likeness (QED) is 0.755. The zero-order valence-electron chi connectivity index (χ0n) is 10.7. The predicted molar refractivity (Wildman–Crippen MR) is 74.4 cm³/mol. The molecule has 106 valence electrons. The number of nitrogens with two attached hydrogens (primary N) is 1. The molecule has 1 aromatic rings. The van der Waals surface area contributed by atoms with Crippen LogP contribution in [0.1, 0.15) is 26.2 Å². The molecule has 0 bridgehead atoms. The van der Waals surface area contributed by atoms with E-state index in [4.69, 9.17) is 5.73 Å². The largest absolute Gasteiger partial charge is 0.328 e. The highest BCUT2D eigenvalue weighted by atomic mass is 32.2. The summed E-state index contributed by atoms with van der Waals surface area (Å²) in [6.45, 7) is 1.90. The van der Waals surface area contributed by atoms with E-state index in [0.717, 1.165) is 12.8 Å². The van der Waals surface area contributed by atoms with Crippen LogP contribution in [0.3, 0.4) is 0 Å². The monoisotopic (exact) mass is 288 g/mol. The number of nitrogens with one attached hydrogen (secondary N) is 1. The number of rotatable bonds is 7. The van der Waals surface area contributed by atoms with Crippen molar-refractivity contribution < 1.29 is 13.6 Å². The third-order valence-corrected chi connectivity index (χ3v) is 3.15. The van der Waals surface area contributed by atoms with E-state index in [9.17, 15) is 13.6 Å². The molecule has 0 aromatic heterocycles. The van der Waals surface area contributed by atoms with Crippen LogP contribution in [0.4, 0.5) is 14.5 Å². The van der Waals surface area contributed by atoms with E-state index in [1.54, 1.807) is 24.3 Å². The summed E-state index contributed by atoms with van der Waals surface area (Å²) < 4.78 is 24.2. The van der Waals surface area contributed by atoms with Crippen molar-refractivity contribution in [2.45, 2.75) is 42.9 Å². The topological polar surface area (TPSA) is 55.1 Å². The number of carbonyl (C=O) groups excluding carboxylic acids is 1. The Morgan fingerprint density at radius 2 is 2.00 bits per heavy atom. The minimum atomic E-state index is -2.43. The summed E-state index contributed by atoms with van der Waals surface area (Å²) in [6.07, 6.45) is 1.95. The average molecular weight is 288 g/mol. The molecule has 0 aliphatic rings. The van der Waals surface area contributed by atoms with Crippen molar-refractivity contribution in [1.82, 2.24) is 0 Å². The summed E-state index contributed by atoms with van der Waals surface area (Å²) in [5.41, 5.74) is 6.21. The Kier molecular flexibility index (Phi) is 6.80. The normalized spacial score (nSPS) is 12.5. The number of amides is 1. The van der Waals surface area contributed by atoms with Crippen LogP contribution in [0.25, 0.3) is 0 Å². The zero-order chi connectivity index (χ0) is 14.3. The molecule has 0 radical (unpaired) electrons. The fourth-order valence-electron chi connectivity index (χ4n) is 1.53. The van der Waals surface area contributed by atoms with E-state index in [1.807, 2.05) is 6.92 Å².